The zero-order valence-electron chi connectivity index (χ0n) is 20.1. The summed E-state index contributed by atoms with van der Waals surface area (Å²) in [5, 5.41) is 12.9. The van der Waals surface area contributed by atoms with Crippen molar-refractivity contribution in [2.45, 2.75) is 18.4 Å². The molecule has 0 aliphatic rings. The monoisotopic (exact) mass is 479 g/mol. The van der Waals surface area contributed by atoms with Crippen LogP contribution >= 0.6 is 0 Å². The zero-order valence-corrected chi connectivity index (χ0v) is 20.1. The highest BCUT2D eigenvalue weighted by Crippen LogP contribution is 2.38. The van der Waals surface area contributed by atoms with Crippen LogP contribution in [0.3, 0.4) is 0 Å². The van der Waals surface area contributed by atoms with Crippen LogP contribution in [0.5, 0.6) is 5.75 Å². The van der Waals surface area contributed by atoms with Crippen molar-refractivity contribution >= 4 is 12.2 Å². The molecule has 0 aliphatic carbocycles. The molecule has 0 saturated heterocycles. The van der Waals surface area contributed by atoms with Gasteiger partial charge in [-0.2, -0.15) is 0 Å². The zero-order chi connectivity index (χ0) is 25.3. The molecule has 4 rings (SSSR count). The van der Waals surface area contributed by atoms with Crippen molar-refractivity contribution in [3.05, 3.63) is 114 Å². The fraction of sp³-hybridized carbons (Fsp3) is 0.161. The summed E-state index contributed by atoms with van der Waals surface area (Å²) in [6, 6.07) is 32.0. The standard InChI is InChI=1S/C31H29NO4/c1-36-26-15-8-14-24(18-26)25(20-33)19-29(35)31(32-21-34)30-27(22-10-4-2-5-11-22)16-9-17-28(30)23-12-6-3-7-13-23/h2-18,21,25,31,33H,19-20H2,1H3,(H,32,34). The maximum atomic E-state index is 13.8. The topological polar surface area (TPSA) is 75.6 Å². The number of nitrogens with one attached hydrogen (secondary N) is 1. The summed E-state index contributed by atoms with van der Waals surface area (Å²) in [7, 11) is 1.58. The number of hydrogen-bond donors (Lipinski definition) is 2. The summed E-state index contributed by atoms with van der Waals surface area (Å²) in [6.45, 7) is -0.210. The van der Waals surface area contributed by atoms with E-state index >= 15 is 0 Å². The normalized spacial score (nSPS) is 12.4. The fourth-order valence-corrected chi connectivity index (χ4v) is 4.56. The van der Waals surface area contributed by atoms with Crippen molar-refractivity contribution in [3.8, 4) is 28.0 Å². The lowest BCUT2D eigenvalue weighted by Crippen LogP contribution is -2.30. The molecule has 4 aromatic rings. The highest BCUT2D eigenvalue weighted by Gasteiger charge is 2.29. The smallest absolute Gasteiger partial charge is 0.207 e. The maximum absolute atomic E-state index is 13.8. The maximum Gasteiger partial charge on any atom is 0.207 e. The van der Waals surface area contributed by atoms with Crippen molar-refractivity contribution in [1.29, 1.82) is 0 Å². The summed E-state index contributed by atoms with van der Waals surface area (Å²) in [6.07, 6.45) is 0.616. The Balaban J connectivity index is 1.81. The SMILES string of the molecule is COc1cccc(C(CO)CC(=O)C(NC=O)c2c(-c3ccccc3)cccc2-c2ccccc2)c1. The van der Waals surface area contributed by atoms with E-state index in [0.29, 0.717) is 12.2 Å². The summed E-state index contributed by atoms with van der Waals surface area (Å²) >= 11 is 0. The molecule has 0 aliphatic heterocycles. The molecule has 2 atom stereocenters. The Hall–Kier alpha value is -4.22. The number of methoxy groups -OCH3 is 1. The average molecular weight is 480 g/mol. The highest BCUT2D eigenvalue weighted by molar-refractivity contribution is 5.93. The number of amides is 1. The van der Waals surface area contributed by atoms with Crippen LogP contribution in [-0.4, -0.2) is 31.0 Å². The van der Waals surface area contributed by atoms with E-state index in [-0.39, 0.29) is 18.8 Å². The minimum Gasteiger partial charge on any atom is -0.497 e. The van der Waals surface area contributed by atoms with Gasteiger partial charge in [0.15, 0.2) is 5.78 Å². The summed E-state index contributed by atoms with van der Waals surface area (Å²) in [4.78, 5) is 25.6. The van der Waals surface area contributed by atoms with Gasteiger partial charge >= 0.3 is 0 Å². The second kappa shape index (κ2) is 12.0. The molecule has 0 spiro atoms. The predicted molar refractivity (Wildman–Crippen MR) is 142 cm³/mol. The van der Waals surface area contributed by atoms with Crippen LogP contribution in [0.2, 0.25) is 0 Å². The van der Waals surface area contributed by atoms with Crippen molar-refractivity contribution in [1.82, 2.24) is 5.32 Å². The molecule has 2 unspecified atom stereocenters. The van der Waals surface area contributed by atoms with Crippen molar-refractivity contribution in [3.63, 3.8) is 0 Å². The molecule has 0 radical (unpaired) electrons. The van der Waals surface area contributed by atoms with Crippen LogP contribution in [0.25, 0.3) is 22.3 Å². The minimum absolute atomic E-state index is 0.0481. The van der Waals surface area contributed by atoms with E-state index in [1.807, 2.05) is 103 Å². The van der Waals surface area contributed by atoms with Gasteiger partial charge in [0, 0.05) is 12.3 Å². The first-order chi connectivity index (χ1) is 17.7. The van der Waals surface area contributed by atoms with Gasteiger partial charge in [0.25, 0.3) is 0 Å². The van der Waals surface area contributed by atoms with Crippen LogP contribution in [0, 0.1) is 0 Å². The number of ether oxygens (including phenoxy) is 1. The lowest BCUT2D eigenvalue weighted by molar-refractivity contribution is -0.124. The first kappa shape index (κ1) is 24.9. The van der Waals surface area contributed by atoms with E-state index in [0.717, 1.165) is 33.4 Å². The molecule has 1 amide bonds. The van der Waals surface area contributed by atoms with Gasteiger partial charge in [-0.25, -0.2) is 0 Å². The Morgan fingerprint density at radius 2 is 1.44 bits per heavy atom. The number of carbonyl (C=O) groups excluding carboxylic acids is 2. The Kier molecular flexibility index (Phi) is 8.27. The van der Waals surface area contributed by atoms with E-state index < -0.39 is 12.0 Å². The molecule has 182 valence electrons. The van der Waals surface area contributed by atoms with Crippen LogP contribution < -0.4 is 10.1 Å². The number of ketones is 1. The number of rotatable bonds is 11. The molecule has 4 aromatic carbocycles. The minimum atomic E-state index is -0.895. The number of hydrogen-bond acceptors (Lipinski definition) is 4. The van der Waals surface area contributed by atoms with Crippen LogP contribution in [-0.2, 0) is 9.59 Å². The van der Waals surface area contributed by atoms with Gasteiger partial charge in [-0.3, -0.25) is 9.59 Å². The molecule has 0 fully saturated rings. The Morgan fingerprint density at radius 1 is 0.861 bits per heavy atom. The van der Waals surface area contributed by atoms with Gasteiger partial charge in [-0.05, 0) is 45.5 Å². The molecule has 0 aromatic heterocycles. The van der Waals surface area contributed by atoms with Crippen molar-refractivity contribution in [2.75, 3.05) is 13.7 Å². The van der Waals surface area contributed by atoms with Gasteiger partial charge in [-0.15, -0.1) is 0 Å². The Bertz CT molecular complexity index is 1250. The molecular weight excluding hydrogens is 450 g/mol. The second-order valence-electron chi connectivity index (χ2n) is 8.54. The molecule has 5 heteroatoms. The molecule has 2 N–H and O–H groups in total. The first-order valence-electron chi connectivity index (χ1n) is 11.9. The van der Waals surface area contributed by atoms with Gasteiger partial charge in [0.05, 0.1) is 13.7 Å². The molecule has 0 saturated carbocycles. The van der Waals surface area contributed by atoms with Crippen LogP contribution in [0.1, 0.15) is 29.5 Å². The van der Waals surface area contributed by atoms with Crippen molar-refractivity contribution < 1.29 is 19.4 Å². The lowest BCUT2D eigenvalue weighted by atomic mass is 9.83. The van der Waals surface area contributed by atoms with E-state index in [2.05, 4.69) is 5.32 Å². The number of carbonyl (C=O) groups is 2. The van der Waals surface area contributed by atoms with Crippen LogP contribution in [0.4, 0.5) is 0 Å². The summed E-state index contributed by atoms with van der Waals surface area (Å²) in [5.74, 6) is 0.0268. The van der Waals surface area contributed by atoms with Gasteiger partial charge in [-0.1, -0.05) is 91.0 Å². The van der Waals surface area contributed by atoms with Gasteiger partial charge in [0.1, 0.15) is 11.8 Å². The van der Waals surface area contributed by atoms with E-state index in [9.17, 15) is 14.7 Å². The highest BCUT2D eigenvalue weighted by atomic mass is 16.5. The Labute approximate surface area is 211 Å². The molecular formula is C31H29NO4. The number of aliphatic hydroxyl groups excluding tert-OH is 1. The molecule has 5 nitrogen and oxygen atoms in total. The van der Waals surface area contributed by atoms with Crippen LogP contribution in [0.15, 0.2) is 103 Å². The van der Waals surface area contributed by atoms with E-state index in [1.165, 1.54) is 0 Å². The van der Waals surface area contributed by atoms with Gasteiger partial charge < -0.3 is 15.2 Å². The van der Waals surface area contributed by atoms with Gasteiger partial charge in [0.2, 0.25) is 6.41 Å². The average Bonchev–Trinajstić information content (AvgIpc) is 2.95. The number of benzene rings is 4. The van der Waals surface area contributed by atoms with E-state index in [1.54, 1.807) is 7.11 Å². The lowest BCUT2D eigenvalue weighted by Gasteiger charge is -2.25. The first-order valence-corrected chi connectivity index (χ1v) is 11.9. The Morgan fingerprint density at radius 3 is 1.97 bits per heavy atom. The molecule has 0 bridgehead atoms. The molecule has 0 heterocycles. The largest absolute Gasteiger partial charge is 0.497 e. The van der Waals surface area contributed by atoms with Crippen molar-refractivity contribution in [2.24, 2.45) is 0 Å². The number of aliphatic hydroxyl groups is 1. The predicted octanol–water partition coefficient (Wildman–Crippen LogP) is 5.55. The third-order valence-corrected chi connectivity index (χ3v) is 6.35. The fourth-order valence-electron chi connectivity index (χ4n) is 4.56. The third kappa shape index (κ3) is 5.53. The third-order valence-electron chi connectivity index (χ3n) is 6.35. The molecule has 36 heavy (non-hydrogen) atoms. The van der Waals surface area contributed by atoms with E-state index in [4.69, 9.17) is 4.74 Å². The number of Topliss-reactive ketones (excluding diaryl/α,β-unsaturated/α-hetero) is 1. The summed E-state index contributed by atoms with van der Waals surface area (Å²) in [5.41, 5.74) is 5.16. The second-order valence-corrected chi connectivity index (χ2v) is 8.54. The summed E-state index contributed by atoms with van der Waals surface area (Å²) < 4.78 is 5.31. The quantitative estimate of drug-likeness (QED) is 0.277.